The molecular formula is C13H16N4O3. The quantitative estimate of drug-likeness (QED) is 0.501. The Labute approximate surface area is 116 Å². The summed E-state index contributed by atoms with van der Waals surface area (Å²) < 4.78 is 0. The second-order valence-electron chi connectivity index (χ2n) is 4.53. The van der Waals surface area contributed by atoms with Gasteiger partial charge in [0.05, 0.1) is 23.0 Å². The van der Waals surface area contributed by atoms with Crippen molar-refractivity contribution in [3.05, 3.63) is 33.9 Å². The maximum Gasteiger partial charge on any atom is 0.270 e. The summed E-state index contributed by atoms with van der Waals surface area (Å²) >= 11 is 0. The summed E-state index contributed by atoms with van der Waals surface area (Å²) in [5.41, 5.74) is 5.81. The van der Waals surface area contributed by atoms with E-state index in [-0.39, 0.29) is 35.9 Å². The maximum atomic E-state index is 12.4. The molecule has 106 valence electrons. The zero-order valence-electron chi connectivity index (χ0n) is 11.4. The largest absolute Gasteiger partial charge is 0.398 e. The highest BCUT2D eigenvalue weighted by molar-refractivity contribution is 6.00. The lowest BCUT2D eigenvalue weighted by Crippen LogP contribution is -2.38. The molecule has 0 aliphatic rings. The molecule has 0 spiro atoms. The van der Waals surface area contributed by atoms with Crippen LogP contribution >= 0.6 is 0 Å². The van der Waals surface area contributed by atoms with Gasteiger partial charge in [-0.25, -0.2) is 0 Å². The number of nitro benzene ring substituents is 1. The number of carbonyl (C=O) groups is 1. The third kappa shape index (κ3) is 3.45. The van der Waals surface area contributed by atoms with E-state index in [1.54, 1.807) is 0 Å². The molecule has 0 heterocycles. The van der Waals surface area contributed by atoms with Crippen molar-refractivity contribution in [2.75, 3.05) is 12.3 Å². The number of nitrogens with zero attached hydrogens (tertiary/aromatic N) is 3. The van der Waals surface area contributed by atoms with Crippen molar-refractivity contribution in [3.8, 4) is 6.07 Å². The predicted octanol–water partition coefficient (Wildman–Crippen LogP) is 1.94. The maximum absolute atomic E-state index is 12.4. The van der Waals surface area contributed by atoms with Crippen molar-refractivity contribution in [1.29, 1.82) is 5.26 Å². The van der Waals surface area contributed by atoms with Crippen LogP contribution in [-0.2, 0) is 0 Å². The van der Waals surface area contributed by atoms with Gasteiger partial charge in [-0.05, 0) is 19.9 Å². The Morgan fingerprint density at radius 2 is 2.20 bits per heavy atom. The lowest BCUT2D eigenvalue weighted by Gasteiger charge is -2.26. The van der Waals surface area contributed by atoms with E-state index in [1.807, 2.05) is 19.9 Å². The first-order valence-electron chi connectivity index (χ1n) is 6.10. The molecule has 0 atom stereocenters. The van der Waals surface area contributed by atoms with Gasteiger partial charge in [0.15, 0.2) is 0 Å². The van der Waals surface area contributed by atoms with Gasteiger partial charge in [-0.15, -0.1) is 0 Å². The minimum absolute atomic E-state index is 0.0887. The number of hydrogen-bond acceptors (Lipinski definition) is 5. The summed E-state index contributed by atoms with van der Waals surface area (Å²) in [6, 6.07) is 5.60. The number of amides is 1. The Balaban J connectivity index is 3.14. The van der Waals surface area contributed by atoms with Crippen molar-refractivity contribution in [2.24, 2.45) is 0 Å². The van der Waals surface area contributed by atoms with Crippen molar-refractivity contribution in [2.45, 2.75) is 26.3 Å². The minimum Gasteiger partial charge on any atom is -0.398 e. The SMILES string of the molecule is CC(C)N(CCC#N)C(=O)c1cc([N+](=O)[O-])ccc1N. The van der Waals surface area contributed by atoms with Gasteiger partial charge in [0, 0.05) is 30.4 Å². The van der Waals surface area contributed by atoms with Crippen LogP contribution in [-0.4, -0.2) is 28.3 Å². The average Bonchev–Trinajstić information content (AvgIpc) is 2.38. The standard InChI is InChI=1S/C13H16N4O3/c1-9(2)16(7-3-6-14)13(18)11-8-10(17(19)20)4-5-12(11)15/h4-5,8-9H,3,7,15H2,1-2H3. The molecule has 0 saturated carbocycles. The van der Waals surface area contributed by atoms with Crippen LogP contribution in [0.2, 0.25) is 0 Å². The number of hydrogen-bond donors (Lipinski definition) is 1. The van der Waals surface area contributed by atoms with E-state index in [4.69, 9.17) is 11.0 Å². The first-order valence-corrected chi connectivity index (χ1v) is 6.10. The van der Waals surface area contributed by atoms with E-state index in [9.17, 15) is 14.9 Å². The summed E-state index contributed by atoms with van der Waals surface area (Å²) in [6.07, 6.45) is 0.193. The van der Waals surface area contributed by atoms with Crippen LogP contribution in [0.15, 0.2) is 18.2 Å². The number of benzene rings is 1. The predicted molar refractivity (Wildman–Crippen MR) is 73.9 cm³/mol. The van der Waals surface area contributed by atoms with Crippen LogP contribution in [0.3, 0.4) is 0 Å². The summed E-state index contributed by atoms with van der Waals surface area (Å²) in [5.74, 6) is -0.406. The number of non-ortho nitro benzene ring substituents is 1. The van der Waals surface area contributed by atoms with Crippen molar-refractivity contribution < 1.29 is 9.72 Å². The van der Waals surface area contributed by atoms with Crippen molar-refractivity contribution in [3.63, 3.8) is 0 Å². The highest BCUT2D eigenvalue weighted by atomic mass is 16.6. The molecule has 0 aliphatic heterocycles. The van der Waals surface area contributed by atoms with Crippen LogP contribution in [0.25, 0.3) is 0 Å². The Bertz CT molecular complexity index is 563. The lowest BCUT2D eigenvalue weighted by molar-refractivity contribution is -0.384. The fraction of sp³-hybridized carbons (Fsp3) is 0.385. The molecule has 0 saturated heterocycles. The molecule has 7 heteroatoms. The number of anilines is 1. The summed E-state index contributed by atoms with van der Waals surface area (Å²) in [7, 11) is 0. The zero-order valence-corrected chi connectivity index (χ0v) is 11.4. The van der Waals surface area contributed by atoms with Crippen LogP contribution in [0.5, 0.6) is 0 Å². The average molecular weight is 276 g/mol. The number of rotatable bonds is 5. The number of nitro groups is 1. The van der Waals surface area contributed by atoms with Crippen molar-refractivity contribution in [1.82, 2.24) is 4.90 Å². The number of nitrogen functional groups attached to an aromatic ring is 1. The van der Waals surface area contributed by atoms with E-state index in [2.05, 4.69) is 0 Å². The number of nitriles is 1. The molecular weight excluding hydrogens is 260 g/mol. The molecule has 7 nitrogen and oxygen atoms in total. The van der Waals surface area contributed by atoms with E-state index in [0.717, 1.165) is 0 Å². The Morgan fingerprint density at radius 3 is 2.70 bits per heavy atom. The van der Waals surface area contributed by atoms with Gasteiger partial charge >= 0.3 is 0 Å². The molecule has 20 heavy (non-hydrogen) atoms. The number of carbonyl (C=O) groups excluding carboxylic acids is 1. The smallest absolute Gasteiger partial charge is 0.270 e. The van der Waals surface area contributed by atoms with Crippen LogP contribution in [0, 0.1) is 21.4 Å². The van der Waals surface area contributed by atoms with E-state index < -0.39 is 10.8 Å². The van der Waals surface area contributed by atoms with E-state index in [1.165, 1.54) is 23.1 Å². The van der Waals surface area contributed by atoms with Gasteiger partial charge in [-0.1, -0.05) is 0 Å². The van der Waals surface area contributed by atoms with Crippen LogP contribution in [0.4, 0.5) is 11.4 Å². The van der Waals surface area contributed by atoms with Crippen LogP contribution < -0.4 is 5.73 Å². The zero-order chi connectivity index (χ0) is 15.3. The lowest BCUT2D eigenvalue weighted by atomic mass is 10.1. The molecule has 1 amide bonds. The number of nitrogens with two attached hydrogens (primary N) is 1. The Kier molecular flexibility index (Phi) is 5.03. The molecule has 0 bridgehead atoms. The van der Waals surface area contributed by atoms with Gasteiger partial charge in [-0.2, -0.15) is 5.26 Å². The second-order valence-corrected chi connectivity index (χ2v) is 4.53. The third-order valence-electron chi connectivity index (χ3n) is 2.83. The van der Waals surface area contributed by atoms with E-state index in [0.29, 0.717) is 0 Å². The third-order valence-corrected chi connectivity index (χ3v) is 2.83. The first kappa shape index (κ1) is 15.4. The van der Waals surface area contributed by atoms with Gasteiger partial charge in [0.2, 0.25) is 0 Å². The monoisotopic (exact) mass is 276 g/mol. The molecule has 0 radical (unpaired) electrons. The second kappa shape index (κ2) is 6.52. The molecule has 0 aromatic heterocycles. The van der Waals surface area contributed by atoms with Gasteiger partial charge in [-0.3, -0.25) is 14.9 Å². The highest BCUT2D eigenvalue weighted by Crippen LogP contribution is 2.22. The fourth-order valence-corrected chi connectivity index (χ4v) is 1.76. The molecule has 2 N–H and O–H groups in total. The van der Waals surface area contributed by atoms with Gasteiger partial charge in [0.25, 0.3) is 11.6 Å². The molecule has 0 aliphatic carbocycles. The Morgan fingerprint density at radius 1 is 1.55 bits per heavy atom. The first-order chi connectivity index (χ1) is 9.38. The molecule has 0 unspecified atom stereocenters. The van der Waals surface area contributed by atoms with Gasteiger partial charge < -0.3 is 10.6 Å². The van der Waals surface area contributed by atoms with Crippen LogP contribution in [0.1, 0.15) is 30.6 Å². The topological polar surface area (TPSA) is 113 Å². The van der Waals surface area contributed by atoms with Crippen molar-refractivity contribution >= 4 is 17.3 Å². The minimum atomic E-state index is -0.578. The molecule has 0 fully saturated rings. The highest BCUT2D eigenvalue weighted by Gasteiger charge is 2.22. The summed E-state index contributed by atoms with van der Waals surface area (Å²) in [6.45, 7) is 3.88. The van der Waals surface area contributed by atoms with Gasteiger partial charge in [0.1, 0.15) is 0 Å². The molecule has 1 rings (SSSR count). The summed E-state index contributed by atoms with van der Waals surface area (Å²) in [4.78, 5) is 24.1. The molecule has 1 aromatic carbocycles. The molecule has 1 aromatic rings. The fourth-order valence-electron chi connectivity index (χ4n) is 1.76. The normalized spacial score (nSPS) is 10.1. The summed E-state index contributed by atoms with van der Waals surface area (Å²) in [5, 5.41) is 19.4. The van der Waals surface area contributed by atoms with E-state index >= 15 is 0 Å². The Hall–Kier alpha value is -2.62.